The van der Waals surface area contributed by atoms with Crippen LogP contribution in [0.4, 0.5) is 0 Å². The van der Waals surface area contributed by atoms with Gasteiger partial charge in [-0.15, -0.1) is 0 Å². The lowest BCUT2D eigenvalue weighted by atomic mass is 10.1. The number of halogens is 1. The summed E-state index contributed by atoms with van der Waals surface area (Å²) in [7, 11) is 0. The molecule has 0 heterocycles. The number of aliphatic hydroxyl groups excluding tert-OH is 1. The van der Waals surface area contributed by atoms with Gasteiger partial charge in [0, 0.05) is 13.0 Å². The van der Waals surface area contributed by atoms with Crippen LogP contribution in [-0.2, 0) is 4.79 Å². The first-order chi connectivity index (χ1) is 8.18. The van der Waals surface area contributed by atoms with Crippen molar-refractivity contribution >= 4 is 16.8 Å². The molecule has 0 atom stereocenters. The second-order valence-electron chi connectivity index (χ2n) is 4.30. The van der Waals surface area contributed by atoms with Crippen LogP contribution in [0.5, 0.6) is 0 Å². The molecule has 0 fully saturated rings. The molecule has 104 valence electrons. The van der Waals surface area contributed by atoms with E-state index in [-0.39, 0.29) is 5.24 Å². The Morgan fingerprint density at radius 1 is 0.882 bits per heavy atom. The molecule has 0 saturated heterocycles. The second-order valence-corrected chi connectivity index (χ2v) is 4.73. The summed E-state index contributed by atoms with van der Waals surface area (Å²) in [5.74, 6) is 0. The summed E-state index contributed by atoms with van der Waals surface area (Å²) in [6.45, 7) is 4.68. The molecule has 17 heavy (non-hydrogen) atoms. The topological polar surface area (TPSA) is 37.3 Å². The summed E-state index contributed by atoms with van der Waals surface area (Å²) in [5, 5.41) is 8.21. The van der Waals surface area contributed by atoms with Gasteiger partial charge in [0.1, 0.15) is 0 Å². The summed E-state index contributed by atoms with van der Waals surface area (Å²) in [4.78, 5) is 10.1. The number of carbonyl (C=O) groups is 1. The molecule has 0 aliphatic rings. The predicted molar refractivity (Wildman–Crippen MR) is 75.5 cm³/mol. The summed E-state index contributed by atoms with van der Waals surface area (Å²) in [5.41, 5.74) is 0. The molecule has 0 bridgehead atoms. The minimum absolute atomic E-state index is 0.210. The summed E-state index contributed by atoms with van der Waals surface area (Å²) in [6, 6.07) is 0. The van der Waals surface area contributed by atoms with Gasteiger partial charge in [-0.2, -0.15) is 0 Å². The number of hydrogen-bond acceptors (Lipinski definition) is 2. The van der Waals surface area contributed by atoms with Gasteiger partial charge in [0.25, 0.3) is 0 Å². The first-order valence-corrected chi connectivity index (χ1v) is 7.36. The fourth-order valence-electron chi connectivity index (χ4n) is 1.41. The lowest BCUT2D eigenvalue weighted by molar-refractivity contribution is -0.111. The van der Waals surface area contributed by atoms with E-state index in [2.05, 4.69) is 13.8 Å². The zero-order valence-corrected chi connectivity index (χ0v) is 12.3. The first-order valence-electron chi connectivity index (χ1n) is 6.98. The smallest absolute Gasteiger partial charge is 0.221 e. The number of aliphatic hydroxyl groups is 1. The SMILES string of the molecule is CCCCCC(=O)Cl.CCCCCCCCO. The molecule has 0 spiro atoms. The Morgan fingerprint density at radius 3 is 1.82 bits per heavy atom. The van der Waals surface area contributed by atoms with Gasteiger partial charge in [-0.3, -0.25) is 4.79 Å². The highest BCUT2D eigenvalue weighted by molar-refractivity contribution is 6.63. The van der Waals surface area contributed by atoms with Crippen molar-refractivity contribution in [2.24, 2.45) is 0 Å². The van der Waals surface area contributed by atoms with Crippen LogP contribution in [-0.4, -0.2) is 17.0 Å². The van der Waals surface area contributed by atoms with Crippen molar-refractivity contribution in [3.8, 4) is 0 Å². The van der Waals surface area contributed by atoms with E-state index >= 15 is 0 Å². The predicted octanol–water partition coefficient (Wildman–Crippen LogP) is 4.67. The Kier molecular flexibility index (Phi) is 20.7. The standard InChI is InChI=1S/C8H18O.C6H11ClO/c1-2-3-4-5-6-7-8-9;1-2-3-4-5-6(7)8/h9H,2-8H2,1H3;2-5H2,1H3. The Hall–Kier alpha value is -0.0800. The van der Waals surface area contributed by atoms with Crippen LogP contribution < -0.4 is 0 Å². The maximum atomic E-state index is 10.1. The highest BCUT2D eigenvalue weighted by Gasteiger charge is 1.92. The van der Waals surface area contributed by atoms with Gasteiger partial charge >= 0.3 is 0 Å². The minimum atomic E-state index is -0.210. The van der Waals surface area contributed by atoms with Crippen molar-refractivity contribution in [2.45, 2.75) is 78.1 Å². The zero-order chi connectivity index (χ0) is 13.4. The zero-order valence-electron chi connectivity index (χ0n) is 11.5. The molecule has 3 heteroatoms. The van der Waals surface area contributed by atoms with Crippen molar-refractivity contribution in [1.29, 1.82) is 0 Å². The third kappa shape index (κ3) is 25.9. The van der Waals surface area contributed by atoms with Crippen molar-refractivity contribution in [3.63, 3.8) is 0 Å². The molecule has 0 saturated carbocycles. The Labute approximate surface area is 112 Å². The Bertz CT molecular complexity index is 143. The molecule has 0 aromatic rings. The van der Waals surface area contributed by atoms with Gasteiger partial charge in [-0.25, -0.2) is 0 Å². The largest absolute Gasteiger partial charge is 0.396 e. The molecule has 1 N–H and O–H groups in total. The van der Waals surface area contributed by atoms with E-state index in [4.69, 9.17) is 16.7 Å². The third-order valence-corrected chi connectivity index (χ3v) is 2.68. The van der Waals surface area contributed by atoms with Crippen LogP contribution in [0.25, 0.3) is 0 Å². The number of carbonyl (C=O) groups excluding carboxylic acids is 1. The second kappa shape index (κ2) is 18.3. The Morgan fingerprint density at radius 2 is 1.35 bits per heavy atom. The monoisotopic (exact) mass is 264 g/mol. The van der Waals surface area contributed by atoms with E-state index in [9.17, 15) is 4.79 Å². The number of unbranched alkanes of at least 4 members (excludes halogenated alkanes) is 7. The van der Waals surface area contributed by atoms with E-state index in [1.807, 2.05) is 0 Å². The van der Waals surface area contributed by atoms with Crippen LogP contribution in [0.1, 0.15) is 78.1 Å². The maximum absolute atomic E-state index is 10.1. The van der Waals surface area contributed by atoms with Crippen LogP contribution in [0.2, 0.25) is 0 Å². The van der Waals surface area contributed by atoms with Crippen molar-refractivity contribution in [2.75, 3.05) is 6.61 Å². The van der Waals surface area contributed by atoms with Gasteiger partial charge in [-0.1, -0.05) is 58.8 Å². The molecule has 0 unspecified atom stereocenters. The lowest BCUT2D eigenvalue weighted by Crippen LogP contribution is -1.84. The summed E-state index contributed by atoms with van der Waals surface area (Å²) >= 11 is 5.07. The highest BCUT2D eigenvalue weighted by Crippen LogP contribution is 2.03. The molecule has 0 aromatic carbocycles. The highest BCUT2D eigenvalue weighted by atomic mass is 35.5. The molecule has 0 aliphatic carbocycles. The fourth-order valence-corrected chi connectivity index (χ4v) is 1.54. The molecule has 0 rings (SSSR count). The van der Waals surface area contributed by atoms with Crippen molar-refractivity contribution in [1.82, 2.24) is 0 Å². The first kappa shape index (κ1) is 19.3. The van der Waals surface area contributed by atoms with Crippen molar-refractivity contribution in [3.05, 3.63) is 0 Å². The minimum Gasteiger partial charge on any atom is -0.396 e. The molecule has 0 radical (unpaired) electrons. The summed E-state index contributed by atoms with van der Waals surface area (Å²) < 4.78 is 0. The van der Waals surface area contributed by atoms with Crippen molar-refractivity contribution < 1.29 is 9.90 Å². The van der Waals surface area contributed by atoms with Crippen LogP contribution in [0, 0.1) is 0 Å². The lowest BCUT2D eigenvalue weighted by Gasteiger charge is -1.95. The quantitative estimate of drug-likeness (QED) is 0.460. The number of rotatable bonds is 10. The average molecular weight is 265 g/mol. The van der Waals surface area contributed by atoms with Gasteiger partial charge in [-0.05, 0) is 24.4 Å². The van der Waals surface area contributed by atoms with E-state index in [1.54, 1.807) is 0 Å². The molecule has 0 aliphatic heterocycles. The number of hydrogen-bond donors (Lipinski definition) is 1. The van der Waals surface area contributed by atoms with Gasteiger partial charge in [0.05, 0.1) is 0 Å². The van der Waals surface area contributed by atoms with E-state index < -0.39 is 0 Å². The van der Waals surface area contributed by atoms with Gasteiger partial charge in [0.2, 0.25) is 5.24 Å². The van der Waals surface area contributed by atoms with Crippen LogP contribution in [0.15, 0.2) is 0 Å². The third-order valence-electron chi connectivity index (χ3n) is 2.49. The normalized spacial score (nSPS) is 9.65. The van der Waals surface area contributed by atoms with E-state index in [1.165, 1.54) is 32.1 Å². The van der Waals surface area contributed by atoms with Gasteiger partial charge in [0.15, 0.2) is 0 Å². The maximum Gasteiger partial charge on any atom is 0.221 e. The molecule has 2 nitrogen and oxygen atoms in total. The fraction of sp³-hybridized carbons (Fsp3) is 0.929. The van der Waals surface area contributed by atoms with Gasteiger partial charge < -0.3 is 5.11 Å². The average Bonchev–Trinajstić information content (AvgIpc) is 2.30. The van der Waals surface area contributed by atoms with E-state index in [0.29, 0.717) is 13.0 Å². The van der Waals surface area contributed by atoms with E-state index in [0.717, 1.165) is 25.7 Å². The molecular formula is C14H29ClO2. The molecule has 0 amide bonds. The molecule has 0 aromatic heterocycles. The summed E-state index contributed by atoms with van der Waals surface area (Å²) in [6.07, 6.45) is 11.2. The molecular weight excluding hydrogens is 236 g/mol. The van der Waals surface area contributed by atoms with Crippen LogP contribution >= 0.6 is 11.6 Å². The van der Waals surface area contributed by atoms with Crippen LogP contribution in [0.3, 0.4) is 0 Å². The Balaban J connectivity index is 0.